The van der Waals surface area contributed by atoms with Crippen LogP contribution in [-0.2, 0) is 9.59 Å². The van der Waals surface area contributed by atoms with Gasteiger partial charge in [0.05, 0.1) is 0 Å². The van der Waals surface area contributed by atoms with Crippen molar-refractivity contribution in [3.8, 4) is 0 Å². The zero-order valence-corrected chi connectivity index (χ0v) is 9.41. The molecule has 1 heterocycles. The molecule has 2 atom stereocenters. The largest absolute Gasteiger partial charge is 0.352 e. The summed E-state index contributed by atoms with van der Waals surface area (Å²) in [6.07, 6.45) is 3.49. The van der Waals surface area contributed by atoms with Crippen molar-refractivity contribution in [3.05, 3.63) is 12.7 Å². The van der Waals surface area contributed by atoms with Crippen LogP contribution < -0.4 is 16.0 Å². The van der Waals surface area contributed by atoms with Crippen LogP contribution in [0.4, 0.5) is 4.79 Å². The fourth-order valence-corrected chi connectivity index (χ4v) is 2.62. The second kappa shape index (κ2) is 4.20. The highest BCUT2D eigenvalue weighted by molar-refractivity contribution is 6.07. The third-order valence-corrected chi connectivity index (χ3v) is 3.50. The number of carbonyl (C=O) groups excluding carboxylic acids is 3. The molecule has 2 unspecified atom stereocenters. The average molecular weight is 237 g/mol. The maximum atomic E-state index is 11.8. The molecule has 1 saturated heterocycles. The molecule has 3 N–H and O–H groups in total. The first kappa shape index (κ1) is 11.6. The maximum Gasteiger partial charge on any atom is 0.322 e. The van der Waals surface area contributed by atoms with Gasteiger partial charge in [-0.2, -0.15) is 0 Å². The molecule has 1 saturated carbocycles. The SMILES string of the molecule is C=CC(=O)NCC1CCCC12NC(=O)NC2=O. The van der Waals surface area contributed by atoms with E-state index in [9.17, 15) is 14.4 Å². The second-order valence-corrected chi connectivity index (χ2v) is 4.42. The van der Waals surface area contributed by atoms with Gasteiger partial charge in [0.1, 0.15) is 5.54 Å². The van der Waals surface area contributed by atoms with Gasteiger partial charge in [0.25, 0.3) is 5.91 Å². The van der Waals surface area contributed by atoms with Gasteiger partial charge in [-0.3, -0.25) is 14.9 Å². The molecule has 0 radical (unpaired) electrons. The van der Waals surface area contributed by atoms with Crippen molar-refractivity contribution in [2.75, 3.05) is 6.54 Å². The third-order valence-electron chi connectivity index (χ3n) is 3.50. The summed E-state index contributed by atoms with van der Waals surface area (Å²) in [4.78, 5) is 34.1. The summed E-state index contributed by atoms with van der Waals surface area (Å²) in [6, 6.07) is -0.447. The zero-order chi connectivity index (χ0) is 12.5. The highest BCUT2D eigenvalue weighted by Crippen LogP contribution is 2.37. The first-order valence-corrected chi connectivity index (χ1v) is 5.62. The van der Waals surface area contributed by atoms with Crippen LogP contribution in [-0.4, -0.2) is 29.9 Å². The summed E-state index contributed by atoms with van der Waals surface area (Å²) in [5.74, 6) is -0.604. The number of rotatable bonds is 3. The smallest absolute Gasteiger partial charge is 0.322 e. The van der Waals surface area contributed by atoms with E-state index in [1.807, 2.05) is 0 Å². The summed E-state index contributed by atoms with van der Waals surface area (Å²) in [7, 11) is 0. The Kier molecular flexibility index (Phi) is 2.87. The maximum absolute atomic E-state index is 11.8. The van der Waals surface area contributed by atoms with Crippen molar-refractivity contribution in [2.24, 2.45) is 5.92 Å². The molecule has 4 amide bonds. The van der Waals surface area contributed by atoms with Gasteiger partial charge >= 0.3 is 6.03 Å². The lowest BCUT2D eigenvalue weighted by Crippen LogP contribution is -2.53. The first-order valence-electron chi connectivity index (χ1n) is 5.62. The molecule has 17 heavy (non-hydrogen) atoms. The number of carbonyl (C=O) groups is 3. The van der Waals surface area contributed by atoms with Gasteiger partial charge in [-0.25, -0.2) is 4.79 Å². The topological polar surface area (TPSA) is 87.3 Å². The zero-order valence-electron chi connectivity index (χ0n) is 9.41. The number of urea groups is 1. The average Bonchev–Trinajstić information content (AvgIpc) is 2.81. The third kappa shape index (κ3) is 1.90. The Labute approximate surface area is 98.8 Å². The van der Waals surface area contributed by atoms with Crippen LogP contribution in [0.2, 0.25) is 0 Å². The first-order chi connectivity index (χ1) is 8.08. The number of nitrogens with one attached hydrogen (secondary N) is 3. The van der Waals surface area contributed by atoms with Gasteiger partial charge in [-0.15, -0.1) is 0 Å². The quantitative estimate of drug-likeness (QED) is 0.464. The van der Waals surface area contributed by atoms with Crippen molar-refractivity contribution in [3.63, 3.8) is 0 Å². The lowest BCUT2D eigenvalue weighted by Gasteiger charge is -2.27. The van der Waals surface area contributed by atoms with Gasteiger partial charge in [-0.1, -0.05) is 13.0 Å². The highest BCUT2D eigenvalue weighted by Gasteiger charge is 2.54. The summed E-state index contributed by atoms with van der Waals surface area (Å²) in [6.45, 7) is 3.73. The molecule has 2 fully saturated rings. The van der Waals surface area contributed by atoms with Crippen molar-refractivity contribution in [1.29, 1.82) is 0 Å². The molecule has 0 aromatic heterocycles. The van der Waals surface area contributed by atoms with Crippen molar-refractivity contribution < 1.29 is 14.4 Å². The van der Waals surface area contributed by atoms with Crippen LogP contribution in [0.25, 0.3) is 0 Å². The fraction of sp³-hybridized carbons (Fsp3) is 0.545. The number of hydrogen-bond donors (Lipinski definition) is 3. The van der Waals surface area contributed by atoms with E-state index >= 15 is 0 Å². The molecule has 0 bridgehead atoms. The van der Waals surface area contributed by atoms with Crippen LogP contribution in [0.5, 0.6) is 0 Å². The number of imide groups is 1. The molecule has 6 heteroatoms. The van der Waals surface area contributed by atoms with E-state index in [0.29, 0.717) is 13.0 Å². The summed E-state index contributed by atoms with van der Waals surface area (Å²) in [5, 5.41) is 7.63. The van der Waals surface area contributed by atoms with Crippen molar-refractivity contribution in [2.45, 2.75) is 24.8 Å². The van der Waals surface area contributed by atoms with E-state index in [1.165, 1.54) is 6.08 Å². The Morgan fingerprint density at radius 1 is 1.59 bits per heavy atom. The monoisotopic (exact) mass is 237 g/mol. The van der Waals surface area contributed by atoms with E-state index in [-0.39, 0.29) is 17.7 Å². The fourth-order valence-electron chi connectivity index (χ4n) is 2.62. The Bertz CT molecular complexity index is 393. The standard InChI is InChI=1S/C11H15N3O3/c1-2-8(15)12-6-7-4-3-5-11(7)9(16)13-10(17)14-11/h2,7H,1,3-6H2,(H,12,15)(H2,13,14,16,17). The molecule has 6 nitrogen and oxygen atoms in total. The number of hydrogen-bond acceptors (Lipinski definition) is 3. The molecule has 2 aliphatic rings. The minimum absolute atomic E-state index is 0.0575. The van der Waals surface area contributed by atoms with Crippen molar-refractivity contribution in [1.82, 2.24) is 16.0 Å². The van der Waals surface area contributed by atoms with Crippen LogP contribution in [0, 0.1) is 5.92 Å². The normalized spacial score (nSPS) is 31.2. The Morgan fingerprint density at radius 2 is 2.35 bits per heavy atom. The molecule has 2 rings (SSSR count). The van der Waals surface area contributed by atoms with Gasteiger partial charge in [-0.05, 0) is 18.9 Å². The lowest BCUT2D eigenvalue weighted by atomic mass is 9.87. The summed E-state index contributed by atoms with van der Waals surface area (Å²) < 4.78 is 0. The Balaban J connectivity index is 2.07. The molecule has 0 aromatic rings. The van der Waals surface area contributed by atoms with Gasteiger partial charge in [0.2, 0.25) is 5.91 Å². The van der Waals surface area contributed by atoms with Crippen LogP contribution in [0.3, 0.4) is 0 Å². The lowest BCUT2D eigenvalue weighted by molar-refractivity contribution is -0.125. The van der Waals surface area contributed by atoms with E-state index in [2.05, 4.69) is 22.5 Å². The highest BCUT2D eigenvalue weighted by atomic mass is 16.2. The summed E-state index contributed by atoms with van der Waals surface area (Å²) in [5.41, 5.74) is -0.828. The molecule has 1 aliphatic heterocycles. The Morgan fingerprint density at radius 3 is 2.94 bits per heavy atom. The Hall–Kier alpha value is -1.85. The van der Waals surface area contributed by atoms with E-state index in [4.69, 9.17) is 0 Å². The number of amides is 4. The summed E-state index contributed by atoms with van der Waals surface area (Å²) >= 11 is 0. The van der Waals surface area contributed by atoms with Gasteiger partial charge in [0.15, 0.2) is 0 Å². The molecule has 1 spiro atoms. The van der Waals surface area contributed by atoms with Crippen molar-refractivity contribution >= 4 is 17.8 Å². The second-order valence-electron chi connectivity index (χ2n) is 4.42. The molecular formula is C11H15N3O3. The predicted molar refractivity (Wildman–Crippen MR) is 60.0 cm³/mol. The van der Waals surface area contributed by atoms with Gasteiger partial charge in [0, 0.05) is 12.5 Å². The van der Waals surface area contributed by atoms with Crippen LogP contribution in [0.1, 0.15) is 19.3 Å². The minimum atomic E-state index is -0.828. The molecule has 0 aromatic carbocycles. The molecule has 92 valence electrons. The van der Waals surface area contributed by atoms with E-state index < -0.39 is 11.6 Å². The van der Waals surface area contributed by atoms with Crippen LogP contribution >= 0.6 is 0 Å². The van der Waals surface area contributed by atoms with Gasteiger partial charge < -0.3 is 10.6 Å². The molecule has 1 aliphatic carbocycles. The minimum Gasteiger partial charge on any atom is -0.352 e. The van der Waals surface area contributed by atoms with Crippen LogP contribution in [0.15, 0.2) is 12.7 Å². The van der Waals surface area contributed by atoms with E-state index in [1.54, 1.807) is 0 Å². The predicted octanol–water partition coefficient (Wildman–Crippen LogP) is -0.333. The van der Waals surface area contributed by atoms with E-state index in [0.717, 1.165) is 12.8 Å². The molecular weight excluding hydrogens is 222 g/mol.